The van der Waals surface area contributed by atoms with Crippen molar-refractivity contribution in [3.8, 4) is 0 Å². The van der Waals surface area contributed by atoms with Gasteiger partial charge in [-0.05, 0) is 18.1 Å². The van der Waals surface area contributed by atoms with E-state index in [1.165, 1.54) is 4.88 Å². The molecule has 1 N–H and O–H groups in total. The zero-order valence-corrected chi connectivity index (χ0v) is 13.3. The van der Waals surface area contributed by atoms with Gasteiger partial charge in [-0.15, -0.1) is 23.1 Å². The Bertz CT molecular complexity index is 364. The van der Waals surface area contributed by atoms with Crippen LogP contribution in [0.5, 0.6) is 0 Å². The fourth-order valence-electron chi connectivity index (χ4n) is 1.56. The van der Waals surface area contributed by atoms with E-state index in [4.69, 9.17) is 11.6 Å². The molecular formula is C13H20ClNOS2. The van der Waals surface area contributed by atoms with Gasteiger partial charge in [0.2, 0.25) is 5.91 Å². The van der Waals surface area contributed by atoms with Gasteiger partial charge in [0.05, 0.1) is 10.1 Å². The number of carbonyl (C=O) groups is 1. The van der Waals surface area contributed by atoms with Gasteiger partial charge in [-0.1, -0.05) is 38.3 Å². The largest absolute Gasteiger partial charge is 0.355 e. The Kier molecular flexibility index (Phi) is 7.79. The maximum absolute atomic E-state index is 11.6. The van der Waals surface area contributed by atoms with E-state index in [1.807, 2.05) is 12.1 Å². The summed E-state index contributed by atoms with van der Waals surface area (Å²) in [5, 5.41) is 2.99. The van der Waals surface area contributed by atoms with Crippen molar-refractivity contribution in [1.82, 2.24) is 5.32 Å². The van der Waals surface area contributed by atoms with Crippen LogP contribution in [0.2, 0.25) is 4.34 Å². The van der Waals surface area contributed by atoms with Gasteiger partial charge >= 0.3 is 0 Å². The zero-order valence-electron chi connectivity index (χ0n) is 10.9. The van der Waals surface area contributed by atoms with Crippen LogP contribution in [0.15, 0.2) is 12.1 Å². The lowest BCUT2D eigenvalue weighted by atomic mass is 10.0. The van der Waals surface area contributed by atoms with Crippen LogP contribution < -0.4 is 5.32 Å². The molecule has 18 heavy (non-hydrogen) atoms. The third-order valence-corrected chi connectivity index (χ3v) is 5.24. The molecule has 0 aromatic carbocycles. The van der Waals surface area contributed by atoms with Crippen LogP contribution in [-0.2, 0) is 10.5 Å². The van der Waals surface area contributed by atoms with Gasteiger partial charge in [0, 0.05) is 17.2 Å². The first-order valence-electron chi connectivity index (χ1n) is 6.24. The van der Waals surface area contributed by atoms with Crippen molar-refractivity contribution in [3.05, 3.63) is 21.3 Å². The minimum atomic E-state index is 0.134. The van der Waals surface area contributed by atoms with Crippen LogP contribution in [0.4, 0.5) is 0 Å². The third kappa shape index (κ3) is 6.12. The van der Waals surface area contributed by atoms with Crippen molar-refractivity contribution in [2.75, 3.05) is 12.3 Å². The van der Waals surface area contributed by atoms with Gasteiger partial charge in [-0.3, -0.25) is 4.79 Å². The second kappa shape index (κ2) is 8.83. The number of hydrogen-bond donors (Lipinski definition) is 1. The van der Waals surface area contributed by atoms with E-state index in [0.29, 0.717) is 11.7 Å². The van der Waals surface area contributed by atoms with Gasteiger partial charge in [0.15, 0.2) is 0 Å². The monoisotopic (exact) mass is 305 g/mol. The molecule has 1 rings (SSSR count). The summed E-state index contributed by atoms with van der Waals surface area (Å²) in [7, 11) is 0. The van der Waals surface area contributed by atoms with E-state index in [9.17, 15) is 4.79 Å². The third-order valence-electron chi connectivity index (χ3n) is 2.85. The standard InChI is InChI=1S/C13H20ClNOS2/c1-3-10(4-2)7-15-13(16)9-17-8-11-5-6-12(14)18-11/h5-6,10H,3-4,7-9H2,1-2H3,(H,15,16). The molecule has 5 heteroatoms. The van der Waals surface area contributed by atoms with Crippen molar-refractivity contribution in [2.24, 2.45) is 5.92 Å². The fraction of sp³-hybridized carbons (Fsp3) is 0.615. The Morgan fingerprint density at radius 1 is 1.44 bits per heavy atom. The zero-order chi connectivity index (χ0) is 13.4. The molecule has 0 fully saturated rings. The van der Waals surface area contributed by atoms with Crippen LogP contribution in [0.1, 0.15) is 31.6 Å². The molecule has 0 saturated carbocycles. The predicted octanol–water partition coefficient (Wildman–Crippen LogP) is 4.19. The maximum atomic E-state index is 11.6. The summed E-state index contributed by atoms with van der Waals surface area (Å²) in [6, 6.07) is 3.91. The van der Waals surface area contributed by atoms with Crippen molar-refractivity contribution >= 4 is 40.6 Å². The number of carbonyl (C=O) groups excluding carboxylic acids is 1. The Morgan fingerprint density at radius 2 is 2.17 bits per heavy atom. The van der Waals surface area contributed by atoms with Crippen molar-refractivity contribution in [2.45, 2.75) is 32.4 Å². The molecule has 0 radical (unpaired) electrons. The molecule has 102 valence electrons. The molecule has 0 spiro atoms. The highest BCUT2D eigenvalue weighted by Gasteiger charge is 2.07. The molecule has 0 aliphatic heterocycles. The van der Waals surface area contributed by atoms with E-state index in [0.717, 1.165) is 29.5 Å². The molecule has 2 nitrogen and oxygen atoms in total. The average molecular weight is 306 g/mol. The molecule has 1 amide bonds. The molecule has 1 heterocycles. The van der Waals surface area contributed by atoms with Crippen molar-refractivity contribution < 1.29 is 4.79 Å². The number of halogens is 1. The maximum Gasteiger partial charge on any atom is 0.230 e. The predicted molar refractivity (Wildman–Crippen MR) is 82.6 cm³/mol. The lowest BCUT2D eigenvalue weighted by Gasteiger charge is -2.12. The Labute approximate surface area is 122 Å². The minimum Gasteiger partial charge on any atom is -0.355 e. The van der Waals surface area contributed by atoms with Gasteiger partial charge in [-0.2, -0.15) is 0 Å². The normalized spacial score (nSPS) is 10.9. The van der Waals surface area contributed by atoms with Gasteiger partial charge < -0.3 is 5.32 Å². The van der Waals surface area contributed by atoms with Crippen LogP contribution in [-0.4, -0.2) is 18.2 Å². The van der Waals surface area contributed by atoms with Crippen LogP contribution >= 0.6 is 34.7 Å². The molecule has 0 aliphatic carbocycles. The lowest BCUT2D eigenvalue weighted by molar-refractivity contribution is -0.118. The van der Waals surface area contributed by atoms with E-state index in [1.54, 1.807) is 23.1 Å². The van der Waals surface area contributed by atoms with Crippen LogP contribution in [0.25, 0.3) is 0 Å². The molecule has 1 aromatic rings. The number of thiophene rings is 1. The lowest BCUT2D eigenvalue weighted by Crippen LogP contribution is -2.30. The average Bonchev–Trinajstić information content (AvgIpc) is 2.76. The first-order valence-corrected chi connectivity index (χ1v) is 8.59. The Hall–Kier alpha value is -0.190. The summed E-state index contributed by atoms with van der Waals surface area (Å²) in [6.45, 7) is 5.13. The molecule has 0 unspecified atom stereocenters. The van der Waals surface area contributed by atoms with Crippen molar-refractivity contribution in [3.63, 3.8) is 0 Å². The minimum absolute atomic E-state index is 0.134. The summed E-state index contributed by atoms with van der Waals surface area (Å²) in [5.74, 6) is 2.12. The number of amides is 1. The van der Waals surface area contributed by atoms with E-state index in [-0.39, 0.29) is 5.91 Å². The molecule has 0 aliphatic rings. The van der Waals surface area contributed by atoms with Crippen LogP contribution in [0, 0.1) is 5.92 Å². The van der Waals surface area contributed by atoms with Gasteiger partial charge in [0.25, 0.3) is 0 Å². The first-order chi connectivity index (χ1) is 8.65. The molecule has 0 bridgehead atoms. The SMILES string of the molecule is CCC(CC)CNC(=O)CSCc1ccc(Cl)s1. The van der Waals surface area contributed by atoms with Crippen LogP contribution in [0.3, 0.4) is 0 Å². The Morgan fingerprint density at radius 3 is 2.72 bits per heavy atom. The molecular weight excluding hydrogens is 286 g/mol. The second-order valence-electron chi connectivity index (χ2n) is 4.19. The highest BCUT2D eigenvalue weighted by atomic mass is 35.5. The number of hydrogen-bond acceptors (Lipinski definition) is 3. The van der Waals surface area contributed by atoms with Crippen molar-refractivity contribution in [1.29, 1.82) is 0 Å². The highest BCUT2D eigenvalue weighted by molar-refractivity contribution is 7.99. The van der Waals surface area contributed by atoms with Gasteiger partial charge in [0.1, 0.15) is 0 Å². The number of thioether (sulfide) groups is 1. The Balaban J connectivity index is 2.13. The van der Waals surface area contributed by atoms with Gasteiger partial charge in [-0.25, -0.2) is 0 Å². The molecule has 0 saturated heterocycles. The topological polar surface area (TPSA) is 29.1 Å². The van der Waals surface area contributed by atoms with E-state index < -0.39 is 0 Å². The summed E-state index contributed by atoms with van der Waals surface area (Å²) in [6.07, 6.45) is 2.25. The van der Waals surface area contributed by atoms with E-state index in [2.05, 4.69) is 19.2 Å². The summed E-state index contributed by atoms with van der Waals surface area (Å²) >= 11 is 9.06. The first kappa shape index (κ1) is 15.9. The smallest absolute Gasteiger partial charge is 0.230 e. The summed E-state index contributed by atoms with van der Waals surface area (Å²) < 4.78 is 0.809. The number of nitrogens with one attached hydrogen (secondary N) is 1. The van der Waals surface area contributed by atoms with E-state index >= 15 is 0 Å². The molecule has 0 atom stereocenters. The summed E-state index contributed by atoms with van der Waals surface area (Å²) in [4.78, 5) is 12.8. The number of rotatable bonds is 8. The molecule has 1 aromatic heterocycles. The quantitative estimate of drug-likeness (QED) is 0.780. The highest BCUT2D eigenvalue weighted by Crippen LogP contribution is 2.24. The second-order valence-corrected chi connectivity index (χ2v) is 6.97. The summed E-state index contributed by atoms with van der Waals surface area (Å²) in [5.41, 5.74) is 0. The fourth-order valence-corrected chi connectivity index (χ4v) is 3.62.